The zero-order valence-electron chi connectivity index (χ0n) is 19.6. The van der Waals surface area contributed by atoms with Crippen molar-refractivity contribution in [2.45, 2.75) is 59.3 Å². The van der Waals surface area contributed by atoms with E-state index in [9.17, 15) is 0 Å². The van der Waals surface area contributed by atoms with E-state index in [0.29, 0.717) is 0 Å². The Bertz CT molecular complexity index is 1140. The molecule has 1 aliphatic rings. The molecule has 0 spiro atoms. The molecule has 0 aliphatic heterocycles. The zero-order valence-corrected chi connectivity index (χ0v) is 16.6. The van der Waals surface area contributed by atoms with Gasteiger partial charge < -0.3 is 0 Å². The van der Waals surface area contributed by atoms with E-state index in [4.69, 9.17) is 4.11 Å². The number of aryl methyl sites for hydroxylation is 3. The first-order valence-electron chi connectivity index (χ1n) is 11.2. The Balaban J connectivity index is 2.11. The molecule has 1 aromatic heterocycles. The maximum Gasteiger partial charge on any atom is 0.220 e. The average molecular weight is 348 g/mol. The van der Waals surface area contributed by atoms with Gasteiger partial charge in [0.15, 0.2) is 6.17 Å². The standard InChI is InChI=1S/C25H30N/c1-16-12-17(2)19(4)23(13-16)25-24-14-18(3)22(20-8-6-7-9-20)15-21(24)10-11-26(25)5/h10-15,20H,6-9H2,1-5H3/q+1/i10D,11D,20D. The second-order valence-corrected chi connectivity index (χ2v) is 7.92. The van der Waals surface area contributed by atoms with Gasteiger partial charge in [0.05, 0.1) is 12.3 Å². The van der Waals surface area contributed by atoms with Gasteiger partial charge in [-0.25, -0.2) is 4.57 Å². The van der Waals surface area contributed by atoms with E-state index in [0.717, 1.165) is 58.8 Å². The molecule has 134 valence electrons. The molecule has 0 atom stereocenters. The molecule has 1 heterocycles. The van der Waals surface area contributed by atoms with Crippen LogP contribution in [-0.4, -0.2) is 0 Å². The van der Waals surface area contributed by atoms with Crippen LogP contribution in [-0.2, 0) is 7.05 Å². The second-order valence-electron chi connectivity index (χ2n) is 7.92. The highest BCUT2D eigenvalue weighted by molar-refractivity contribution is 5.95. The molecular weight excluding hydrogens is 314 g/mol. The lowest BCUT2D eigenvalue weighted by molar-refractivity contribution is -0.659. The summed E-state index contributed by atoms with van der Waals surface area (Å²) in [7, 11) is 1.89. The fourth-order valence-electron chi connectivity index (χ4n) is 4.45. The first-order valence-corrected chi connectivity index (χ1v) is 9.66. The molecule has 1 heteroatoms. The molecule has 26 heavy (non-hydrogen) atoms. The molecule has 3 aromatic rings. The summed E-state index contributed by atoms with van der Waals surface area (Å²) in [5.74, 6) is -0.555. The summed E-state index contributed by atoms with van der Waals surface area (Å²) in [6.07, 6.45) is 4.16. The van der Waals surface area contributed by atoms with Gasteiger partial charge in [0.1, 0.15) is 8.42 Å². The third kappa shape index (κ3) is 2.84. The summed E-state index contributed by atoms with van der Waals surface area (Å²) in [6, 6.07) is 8.82. The van der Waals surface area contributed by atoms with Crippen LogP contribution in [0.15, 0.2) is 36.5 Å². The third-order valence-electron chi connectivity index (χ3n) is 5.97. The topological polar surface area (TPSA) is 3.88 Å². The SMILES string of the molecule is [2H]c1c([2H])[n+](C)c(-c2cc(C)cc(C)c2C)c2cc(C)c(C3([2H])CCCC3)cc12. The molecule has 0 bridgehead atoms. The largest absolute Gasteiger partial charge is 0.220 e. The first-order chi connectivity index (χ1) is 13.6. The predicted molar refractivity (Wildman–Crippen MR) is 111 cm³/mol. The van der Waals surface area contributed by atoms with E-state index in [-0.39, 0.29) is 12.2 Å². The summed E-state index contributed by atoms with van der Waals surface area (Å²) in [6.45, 7) is 8.46. The maximum atomic E-state index is 9.00. The molecule has 1 fully saturated rings. The van der Waals surface area contributed by atoms with Gasteiger partial charge in [-0.05, 0) is 86.2 Å². The van der Waals surface area contributed by atoms with Crippen molar-refractivity contribution in [3.8, 4) is 11.3 Å². The van der Waals surface area contributed by atoms with E-state index in [1.165, 1.54) is 16.7 Å². The Morgan fingerprint density at radius 1 is 1.00 bits per heavy atom. The summed E-state index contributed by atoms with van der Waals surface area (Å²) in [5.41, 5.74) is 7.91. The van der Waals surface area contributed by atoms with Crippen LogP contribution in [0.3, 0.4) is 0 Å². The smallest absolute Gasteiger partial charge is 0.200 e. The van der Waals surface area contributed by atoms with Gasteiger partial charge in [-0.1, -0.05) is 30.5 Å². The van der Waals surface area contributed by atoms with Crippen molar-refractivity contribution in [1.82, 2.24) is 0 Å². The van der Waals surface area contributed by atoms with E-state index >= 15 is 0 Å². The van der Waals surface area contributed by atoms with Crippen molar-refractivity contribution < 1.29 is 8.68 Å². The van der Waals surface area contributed by atoms with Gasteiger partial charge in [-0.3, -0.25) is 0 Å². The number of nitrogens with zero attached hydrogens (tertiary/aromatic N) is 1. The highest BCUT2D eigenvalue weighted by atomic mass is 14.9. The summed E-state index contributed by atoms with van der Waals surface area (Å²) >= 11 is 0. The van der Waals surface area contributed by atoms with Crippen LogP contribution in [0, 0.1) is 27.7 Å². The van der Waals surface area contributed by atoms with Crippen molar-refractivity contribution in [2.75, 3.05) is 0 Å². The fraction of sp³-hybridized carbons (Fsp3) is 0.400. The molecule has 4 rings (SSSR count). The van der Waals surface area contributed by atoms with Gasteiger partial charge >= 0.3 is 0 Å². The molecule has 0 amide bonds. The monoisotopic (exact) mass is 347 g/mol. The van der Waals surface area contributed by atoms with Gasteiger partial charge in [-0.2, -0.15) is 0 Å². The predicted octanol–water partition coefficient (Wildman–Crippen LogP) is 6.22. The summed E-state index contributed by atoms with van der Waals surface area (Å²) in [4.78, 5) is 0. The van der Waals surface area contributed by atoms with Crippen LogP contribution in [0.1, 0.15) is 63.5 Å². The van der Waals surface area contributed by atoms with E-state index < -0.39 is 5.89 Å². The highest BCUT2D eigenvalue weighted by Gasteiger charge is 2.23. The van der Waals surface area contributed by atoms with Crippen LogP contribution < -0.4 is 4.57 Å². The van der Waals surface area contributed by atoms with Crippen LogP contribution in [0.5, 0.6) is 0 Å². The molecule has 0 N–H and O–H groups in total. The van der Waals surface area contributed by atoms with Crippen LogP contribution in [0.4, 0.5) is 0 Å². The van der Waals surface area contributed by atoms with Crippen molar-refractivity contribution in [3.05, 3.63) is 64.3 Å². The van der Waals surface area contributed by atoms with Crippen molar-refractivity contribution in [3.63, 3.8) is 0 Å². The Labute approximate surface area is 161 Å². The number of fused-ring (bicyclic) bond motifs is 1. The summed E-state index contributed by atoms with van der Waals surface area (Å²) in [5, 5.41) is 1.80. The quantitative estimate of drug-likeness (QED) is 0.484. The molecule has 0 unspecified atom stereocenters. The van der Waals surface area contributed by atoms with Gasteiger partial charge in [0.25, 0.3) is 0 Å². The molecule has 0 radical (unpaired) electrons. The lowest BCUT2D eigenvalue weighted by atomic mass is 9.89. The molecule has 1 aliphatic carbocycles. The number of aromatic nitrogens is 1. The lowest BCUT2D eigenvalue weighted by Gasteiger charge is -2.16. The third-order valence-corrected chi connectivity index (χ3v) is 5.97. The molecule has 1 saturated carbocycles. The number of hydrogen-bond donors (Lipinski definition) is 0. The molecule has 1 nitrogen and oxygen atoms in total. The lowest BCUT2D eigenvalue weighted by Crippen LogP contribution is -2.31. The Hall–Kier alpha value is -2.15. The van der Waals surface area contributed by atoms with Crippen LogP contribution in [0.2, 0.25) is 0 Å². The Morgan fingerprint density at radius 2 is 1.73 bits per heavy atom. The van der Waals surface area contributed by atoms with E-state index in [1.807, 2.05) is 17.7 Å². The van der Waals surface area contributed by atoms with Crippen molar-refractivity contribution in [1.29, 1.82) is 0 Å². The number of hydrogen-bond acceptors (Lipinski definition) is 0. The minimum Gasteiger partial charge on any atom is -0.200 e. The summed E-state index contributed by atoms with van der Waals surface area (Å²) < 4.78 is 28.1. The average Bonchev–Trinajstić information content (AvgIpc) is 3.11. The second kappa shape index (κ2) is 6.54. The normalized spacial score (nSPS) is 18.0. The first kappa shape index (κ1) is 14.0. The molecule has 0 saturated heterocycles. The zero-order chi connectivity index (χ0) is 21.1. The Morgan fingerprint density at radius 3 is 2.46 bits per heavy atom. The minimum absolute atomic E-state index is 0.214. The molecule has 2 aromatic carbocycles. The fourth-order valence-corrected chi connectivity index (χ4v) is 4.45. The minimum atomic E-state index is -0.555. The number of pyridine rings is 1. The van der Waals surface area contributed by atoms with E-state index in [1.54, 1.807) is 0 Å². The molecular formula is C25H30N+. The van der Waals surface area contributed by atoms with Gasteiger partial charge in [-0.15, -0.1) is 0 Å². The number of benzene rings is 2. The Kier molecular flexibility index (Phi) is 3.51. The maximum absolute atomic E-state index is 9.00. The van der Waals surface area contributed by atoms with E-state index in [2.05, 4.69) is 45.9 Å². The highest BCUT2D eigenvalue weighted by Crippen LogP contribution is 2.39. The van der Waals surface area contributed by atoms with Crippen LogP contribution >= 0.6 is 0 Å². The van der Waals surface area contributed by atoms with Gasteiger partial charge in [0, 0.05) is 7.41 Å². The van der Waals surface area contributed by atoms with Crippen LogP contribution in [0.25, 0.3) is 22.0 Å². The van der Waals surface area contributed by atoms with Crippen molar-refractivity contribution >= 4 is 10.8 Å². The number of rotatable bonds is 2. The van der Waals surface area contributed by atoms with Gasteiger partial charge in [0.2, 0.25) is 5.69 Å². The van der Waals surface area contributed by atoms with Crippen molar-refractivity contribution in [2.24, 2.45) is 7.05 Å².